The van der Waals surface area contributed by atoms with Gasteiger partial charge in [-0.05, 0) is 36.8 Å². The maximum absolute atomic E-state index is 14.6. The number of likely N-dealkylation sites (tertiary alicyclic amines) is 1. The Balaban J connectivity index is 1.29. The molecule has 2 aliphatic heterocycles. The Morgan fingerprint density at radius 3 is 2.69 bits per heavy atom. The van der Waals surface area contributed by atoms with Crippen LogP contribution < -0.4 is 4.74 Å². The van der Waals surface area contributed by atoms with Gasteiger partial charge in [0.15, 0.2) is 0 Å². The van der Waals surface area contributed by atoms with E-state index in [4.69, 9.17) is 25.6 Å². The highest BCUT2D eigenvalue weighted by molar-refractivity contribution is 6.33. The molecule has 3 heterocycles. The van der Waals surface area contributed by atoms with Gasteiger partial charge in [0.2, 0.25) is 0 Å². The third-order valence-corrected chi connectivity index (χ3v) is 7.10. The van der Waals surface area contributed by atoms with Gasteiger partial charge in [0, 0.05) is 32.5 Å². The Hall–Kier alpha value is -3.59. The van der Waals surface area contributed by atoms with E-state index < -0.39 is 11.4 Å². The predicted octanol–water partition coefficient (Wildman–Crippen LogP) is 5.08. The number of rotatable bonds is 5. The van der Waals surface area contributed by atoms with E-state index in [0.29, 0.717) is 39.0 Å². The fourth-order valence-electron chi connectivity index (χ4n) is 4.86. The largest absolute Gasteiger partial charge is 0.497 e. The number of hydrogen-bond donors (Lipinski definition) is 0. The van der Waals surface area contributed by atoms with E-state index >= 15 is 0 Å². The van der Waals surface area contributed by atoms with Crippen LogP contribution in [0.2, 0.25) is 5.02 Å². The second-order valence-electron chi connectivity index (χ2n) is 9.11. The zero-order valence-corrected chi connectivity index (χ0v) is 20.7. The van der Waals surface area contributed by atoms with E-state index in [0.717, 1.165) is 11.3 Å². The number of carbonyl (C=O) groups excluding carboxylic acids is 2. The zero-order valence-electron chi connectivity index (χ0n) is 19.9. The summed E-state index contributed by atoms with van der Waals surface area (Å²) in [5.74, 6) is 0.0972. The van der Waals surface area contributed by atoms with Crippen molar-refractivity contribution >= 4 is 23.6 Å². The summed E-state index contributed by atoms with van der Waals surface area (Å²) in [6, 6.07) is 11.8. The second-order valence-corrected chi connectivity index (χ2v) is 9.52. The first kappa shape index (κ1) is 24.1. The molecule has 0 atom stereocenters. The van der Waals surface area contributed by atoms with Crippen molar-refractivity contribution in [3.05, 3.63) is 70.2 Å². The molecule has 2 aliphatic rings. The number of piperidine rings is 1. The first-order valence-electron chi connectivity index (χ1n) is 11.6. The molecule has 0 aliphatic carbocycles. The molecule has 10 heteroatoms. The molecule has 0 radical (unpaired) electrons. The zero-order chi connectivity index (χ0) is 25.4. The van der Waals surface area contributed by atoms with Gasteiger partial charge in [-0.1, -0.05) is 35.0 Å². The lowest BCUT2D eigenvalue weighted by Gasteiger charge is -2.37. The van der Waals surface area contributed by atoms with Crippen LogP contribution in [-0.2, 0) is 11.3 Å². The van der Waals surface area contributed by atoms with Crippen molar-refractivity contribution < 1.29 is 28.0 Å². The Labute approximate surface area is 212 Å². The Kier molecular flexibility index (Phi) is 6.34. The number of aryl methyl sites for hydroxylation is 1. The number of methoxy groups -OCH3 is 1. The summed E-state index contributed by atoms with van der Waals surface area (Å²) >= 11 is 6.21. The Morgan fingerprint density at radius 1 is 1.22 bits per heavy atom. The van der Waals surface area contributed by atoms with Gasteiger partial charge >= 0.3 is 6.09 Å². The number of nitrogens with zero attached hydrogens (tertiary/aromatic N) is 3. The molecular formula is C26H25ClFN3O5. The SMILES string of the molecule is COc1cccc(CN2CC3(CCN(C(=O)c4c(-c5c(F)cccc5Cl)noc4C)CC3)OC2=O)c1. The summed E-state index contributed by atoms with van der Waals surface area (Å²) in [6.07, 6.45) is 0.599. The fraction of sp³-hybridized carbons (Fsp3) is 0.346. The van der Waals surface area contributed by atoms with Crippen LogP contribution in [0.4, 0.5) is 9.18 Å². The quantitative estimate of drug-likeness (QED) is 0.473. The van der Waals surface area contributed by atoms with Crippen LogP contribution in [0, 0.1) is 12.7 Å². The molecule has 3 aromatic rings. The normalized spacial score (nSPS) is 16.9. The molecule has 8 nitrogen and oxygen atoms in total. The van der Waals surface area contributed by atoms with Gasteiger partial charge in [0.25, 0.3) is 5.91 Å². The minimum atomic E-state index is -0.659. The molecule has 1 spiro atoms. The maximum atomic E-state index is 14.6. The molecule has 2 aromatic carbocycles. The topological polar surface area (TPSA) is 85.1 Å². The summed E-state index contributed by atoms with van der Waals surface area (Å²) in [7, 11) is 1.60. The lowest BCUT2D eigenvalue weighted by molar-refractivity contribution is 0.00311. The first-order valence-corrected chi connectivity index (χ1v) is 12.0. The van der Waals surface area contributed by atoms with Crippen molar-refractivity contribution in [3.8, 4) is 17.0 Å². The van der Waals surface area contributed by atoms with Crippen molar-refractivity contribution in [1.29, 1.82) is 0 Å². The molecular weight excluding hydrogens is 489 g/mol. The van der Waals surface area contributed by atoms with E-state index in [1.54, 1.807) is 23.8 Å². The second kappa shape index (κ2) is 9.46. The average molecular weight is 514 g/mol. The highest BCUT2D eigenvalue weighted by Gasteiger charge is 2.48. The van der Waals surface area contributed by atoms with Gasteiger partial charge in [-0.3, -0.25) is 9.69 Å². The van der Waals surface area contributed by atoms with Crippen LogP contribution in [0.1, 0.15) is 34.5 Å². The van der Waals surface area contributed by atoms with E-state index in [1.807, 2.05) is 24.3 Å². The minimum absolute atomic E-state index is 0.0331. The van der Waals surface area contributed by atoms with E-state index in [2.05, 4.69) is 5.16 Å². The lowest BCUT2D eigenvalue weighted by atomic mass is 9.90. The van der Waals surface area contributed by atoms with Gasteiger partial charge in [-0.25, -0.2) is 9.18 Å². The van der Waals surface area contributed by atoms with Crippen LogP contribution in [-0.4, -0.2) is 59.3 Å². The van der Waals surface area contributed by atoms with Gasteiger partial charge in [0.1, 0.15) is 34.2 Å². The average Bonchev–Trinajstić information content (AvgIpc) is 3.38. The van der Waals surface area contributed by atoms with Crippen molar-refractivity contribution in [2.45, 2.75) is 31.9 Å². The van der Waals surface area contributed by atoms with Crippen molar-refractivity contribution in [1.82, 2.24) is 15.0 Å². The van der Waals surface area contributed by atoms with Crippen LogP contribution >= 0.6 is 11.6 Å². The van der Waals surface area contributed by atoms with Crippen molar-refractivity contribution in [2.75, 3.05) is 26.7 Å². The molecule has 5 rings (SSSR count). The molecule has 1 aromatic heterocycles. The van der Waals surface area contributed by atoms with Gasteiger partial charge in [0.05, 0.1) is 24.2 Å². The number of carbonyl (C=O) groups is 2. The number of benzene rings is 2. The molecule has 2 amide bonds. The molecule has 0 bridgehead atoms. The van der Waals surface area contributed by atoms with E-state index in [1.165, 1.54) is 18.2 Å². The van der Waals surface area contributed by atoms with E-state index in [-0.39, 0.29) is 39.6 Å². The number of hydrogen-bond acceptors (Lipinski definition) is 6. The van der Waals surface area contributed by atoms with Gasteiger partial charge < -0.3 is 18.9 Å². The fourth-order valence-corrected chi connectivity index (χ4v) is 5.11. The summed E-state index contributed by atoms with van der Waals surface area (Å²) in [5.41, 5.74) is 0.580. The summed E-state index contributed by atoms with van der Waals surface area (Å²) in [4.78, 5) is 29.4. The smallest absolute Gasteiger partial charge is 0.410 e. The third kappa shape index (κ3) is 4.39. The monoisotopic (exact) mass is 513 g/mol. The van der Waals surface area contributed by atoms with Crippen molar-refractivity contribution in [3.63, 3.8) is 0 Å². The predicted molar refractivity (Wildman–Crippen MR) is 129 cm³/mol. The molecule has 0 saturated carbocycles. The van der Waals surface area contributed by atoms with Gasteiger partial charge in [-0.15, -0.1) is 0 Å². The molecule has 2 fully saturated rings. The van der Waals surface area contributed by atoms with Crippen LogP contribution in [0.15, 0.2) is 47.0 Å². The summed E-state index contributed by atoms with van der Waals surface area (Å²) < 4.78 is 30.9. The number of ether oxygens (including phenoxy) is 2. The van der Waals surface area contributed by atoms with E-state index in [9.17, 15) is 14.0 Å². The van der Waals surface area contributed by atoms with Crippen LogP contribution in [0.5, 0.6) is 5.75 Å². The lowest BCUT2D eigenvalue weighted by Crippen LogP contribution is -2.48. The number of aromatic nitrogens is 1. The number of amides is 2. The molecule has 0 unspecified atom stereocenters. The maximum Gasteiger partial charge on any atom is 0.410 e. The minimum Gasteiger partial charge on any atom is -0.497 e. The van der Waals surface area contributed by atoms with Crippen molar-refractivity contribution in [2.24, 2.45) is 0 Å². The number of halogens is 2. The van der Waals surface area contributed by atoms with Gasteiger partial charge in [-0.2, -0.15) is 0 Å². The van der Waals surface area contributed by atoms with Crippen LogP contribution in [0.3, 0.4) is 0 Å². The Morgan fingerprint density at radius 2 is 1.97 bits per heavy atom. The first-order chi connectivity index (χ1) is 17.3. The third-order valence-electron chi connectivity index (χ3n) is 6.79. The molecule has 2 saturated heterocycles. The molecule has 188 valence electrons. The summed E-state index contributed by atoms with van der Waals surface area (Å²) in [6.45, 7) is 3.20. The summed E-state index contributed by atoms with van der Waals surface area (Å²) in [5, 5.41) is 4.08. The Bertz CT molecular complexity index is 1300. The molecule has 0 N–H and O–H groups in total. The standard InChI is InChI=1S/C26H25ClFN3O5/c1-16-21(23(29-36-16)22-19(27)7-4-8-20(22)28)24(32)30-11-9-26(10-12-30)15-31(25(33)35-26)14-17-5-3-6-18(13-17)34-2/h3-8,13H,9-12,14-15H2,1-2H3. The molecule has 36 heavy (non-hydrogen) atoms. The highest BCUT2D eigenvalue weighted by atomic mass is 35.5. The van der Waals surface area contributed by atoms with Crippen LogP contribution in [0.25, 0.3) is 11.3 Å². The highest BCUT2D eigenvalue weighted by Crippen LogP contribution is 2.37.